The number of fused-ring (bicyclic) bond motifs is 1. The van der Waals surface area contributed by atoms with Gasteiger partial charge in [-0.2, -0.15) is 0 Å². The second-order valence-corrected chi connectivity index (χ2v) is 8.13. The highest BCUT2D eigenvalue weighted by atomic mass is 32.2. The lowest BCUT2D eigenvalue weighted by Crippen LogP contribution is -2.39. The van der Waals surface area contributed by atoms with Crippen molar-refractivity contribution in [3.8, 4) is 0 Å². The van der Waals surface area contributed by atoms with E-state index >= 15 is 0 Å². The fourth-order valence-corrected chi connectivity index (χ4v) is 3.77. The van der Waals surface area contributed by atoms with Crippen molar-refractivity contribution in [1.29, 1.82) is 0 Å². The maximum atomic E-state index is 11.3. The molecule has 0 bridgehead atoms. The minimum absolute atomic E-state index is 0.0320. The standard InChI is InChI=1S/C17H23NO2S/c1-13(18-14(2)12-21(3,19)20)10-15-8-9-16-6-4-5-7-17(16)11-15/h4-9,11,13-14,18H,10,12H2,1-3H3/t13-,14+/m0/s1. The van der Waals surface area contributed by atoms with Gasteiger partial charge in [-0.3, -0.25) is 0 Å². The second-order valence-electron chi connectivity index (χ2n) is 5.95. The van der Waals surface area contributed by atoms with Crippen LogP contribution in [0.1, 0.15) is 19.4 Å². The van der Waals surface area contributed by atoms with Gasteiger partial charge in [0.1, 0.15) is 9.84 Å². The van der Waals surface area contributed by atoms with Gasteiger partial charge in [-0.25, -0.2) is 8.42 Å². The van der Waals surface area contributed by atoms with Crippen molar-refractivity contribution in [2.24, 2.45) is 0 Å². The summed E-state index contributed by atoms with van der Waals surface area (Å²) in [5.41, 5.74) is 1.26. The Bertz CT molecular complexity index is 710. The zero-order valence-electron chi connectivity index (χ0n) is 12.8. The number of rotatable bonds is 6. The van der Waals surface area contributed by atoms with Gasteiger partial charge in [0.05, 0.1) is 5.75 Å². The molecule has 0 unspecified atom stereocenters. The molecule has 0 saturated heterocycles. The topological polar surface area (TPSA) is 46.2 Å². The molecule has 0 aliphatic carbocycles. The molecular weight excluding hydrogens is 282 g/mol. The minimum Gasteiger partial charge on any atom is -0.310 e. The molecule has 0 radical (unpaired) electrons. The first kappa shape index (κ1) is 16.0. The first-order chi connectivity index (χ1) is 9.83. The lowest BCUT2D eigenvalue weighted by molar-refractivity contribution is 0.484. The number of hydrogen-bond donors (Lipinski definition) is 1. The van der Waals surface area contributed by atoms with Gasteiger partial charge in [0.25, 0.3) is 0 Å². The van der Waals surface area contributed by atoms with Crippen LogP contribution in [0.15, 0.2) is 42.5 Å². The van der Waals surface area contributed by atoms with Crippen LogP contribution >= 0.6 is 0 Å². The van der Waals surface area contributed by atoms with E-state index in [2.05, 4.69) is 42.6 Å². The monoisotopic (exact) mass is 305 g/mol. The summed E-state index contributed by atoms with van der Waals surface area (Å²) in [6, 6.07) is 15.0. The van der Waals surface area contributed by atoms with Gasteiger partial charge in [-0.15, -0.1) is 0 Å². The van der Waals surface area contributed by atoms with E-state index in [1.54, 1.807) is 0 Å². The molecule has 0 aliphatic heterocycles. The zero-order valence-corrected chi connectivity index (χ0v) is 13.7. The summed E-state index contributed by atoms with van der Waals surface area (Å²) < 4.78 is 22.6. The van der Waals surface area contributed by atoms with Gasteiger partial charge >= 0.3 is 0 Å². The van der Waals surface area contributed by atoms with Crippen LogP contribution in [0.5, 0.6) is 0 Å². The molecule has 2 atom stereocenters. The largest absolute Gasteiger partial charge is 0.310 e. The summed E-state index contributed by atoms with van der Waals surface area (Å²) >= 11 is 0. The first-order valence-electron chi connectivity index (χ1n) is 7.25. The third kappa shape index (κ3) is 5.14. The van der Waals surface area contributed by atoms with Crippen LogP contribution in [-0.2, 0) is 16.3 Å². The Morgan fingerprint density at radius 2 is 1.67 bits per heavy atom. The zero-order chi connectivity index (χ0) is 15.5. The van der Waals surface area contributed by atoms with E-state index in [1.807, 2.05) is 19.1 Å². The van der Waals surface area contributed by atoms with Gasteiger partial charge in [0.2, 0.25) is 0 Å². The fourth-order valence-electron chi connectivity index (χ4n) is 2.77. The van der Waals surface area contributed by atoms with Crippen LogP contribution in [0.4, 0.5) is 0 Å². The predicted molar refractivity (Wildman–Crippen MR) is 89.4 cm³/mol. The Balaban J connectivity index is 1.99. The molecule has 2 aromatic carbocycles. The van der Waals surface area contributed by atoms with E-state index in [0.717, 1.165) is 6.42 Å². The SMILES string of the molecule is C[C@H](CS(C)(=O)=O)N[C@@H](C)Cc1ccc2ccccc2c1. The minimum atomic E-state index is -2.93. The van der Waals surface area contributed by atoms with E-state index in [-0.39, 0.29) is 17.8 Å². The van der Waals surface area contributed by atoms with Crippen LogP contribution in [-0.4, -0.2) is 32.5 Å². The molecule has 21 heavy (non-hydrogen) atoms. The molecule has 0 fully saturated rings. The predicted octanol–water partition coefficient (Wildman–Crippen LogP) is 2.79. The molecule has 114 valence electrons. The van der Waals surface area contributed by atoms with Gasteiger partial charge in [0.15, 0.2) is 0 Å². The maximum Gasteiger partial charge on any atom is 0.148 e. The molecule has 2 rings (SSSR count). The Kier molecular flexibility index (Phi) is 5.01. The van der Waals surface area contributed by atoms with Gasteiger partial charge in [0, 0.05) is 18.3 Å². The summed E-state index contributed by atoms with van der Waals surface area (Å²) in [5.74, 6) is 0.176. The average molecular weight is 305 g/mol. The van der Waals surface area contributed by atoms with E-state index in [9.17, 15) is 8.42 Å². The fraction of sp³-hybridized carbons (Fsp3) is 0.412. The van der Waals surface area contributed by atoms with Crippen LogP contribution in [0.2, 0.25) is 0 Å². The lowest BCUT2D eigenvalue weighted by atomic mass is 10.0. The summed E-state index contributed by atoms with van der Waals surface area (Å²) in [6.07, 6.45) is 2.16. The Hall–Kier alpha value is -1.39. The van der Waals surface area contributed by atoms with E-state index in [0.29, 0.717) is 0 Å². The second kappa shape index (κ2) is 6.58. The highest BCUT2D eigenvalue weighted by Gasteiger charge is 2.13. The maximum absolute atomic E-state index is 11.3. The van der Waals surface area contributed by atoms with E-state index < -0.39 is 9.84 Å². The molecule has 1 N–H and O–H groups in total. The first-order valence-corrected chi connectivity index (χ1v) is 9.31. The van der Waals surface area contributed by atoms with Gasteiger partial charge < -0.3 is 5.32 Å². The molecule has 2 aromatic rings. The Morgan fingerprint density at radius 3 is 2.33 bits per heavy atom. The van der Waals surface area contributed by atoms with Crippen molar-refractivity contribution in [1.82, 2.24) is 5.32 Å². The van der Waals surface area contributed by atoms with Crippen molar-refractivity contribution < 1.29 is 8.42 Å². The Morgan fingerprint density at radius 1 is 1.00 bits per heavy atom. The third-order valence-electron chi connectivity index (χ3n) is 3.48. The van der Waals surface area contributed by atoms with Crippen molar-refractivity contribution in [3.05, 3.63) is 48.0 Å². The molecule has 3 nitrogen and oxygen atoms in total. The summed E-state index contributed by atoms with van der Waals surface area (Å²) in [7, 11) is -2.93. The smallest absolute Gasteiger partial charge is 0.148 e. The van der Waals surface area contributed by atoms with Gasteiger partial charge in [-0.05, 0) is 36.6 Å². The van der Waals surface area contributed by atoms with E-state index in [1.165, 1.54) is 22.6 Å². The van der Waals surface area contributed by atoms with Crippen molar-refractivity contribution in [2.45, 2.75) is 32.4 Å². The number of nitrogens with one attached hydrogen (secondary N) is 1. The van der Waals surface area contributed by atoms with Crippen molar-refractivity contribution in [2.75, 3.05) is 12.0 Å². The molecule has 0 aromatic heterocycles. The van der Waals surface area contributed by atoms with Crippen LogP contribution in [0.25, 0.3) is 10.8 Å². The van der Waals surface area contributed by atoms with Crippen molar-refractivity contribution >= 4 is 20.6 Å². The lowest BCUT2D eigenvalue weighted by Gasteiger charge is -2.19. The summed E-state index contributed by atoms with van der Waals surface area (Å²) in [4.78, 5) is 0. The molecular formula is C17H23NO2S. The van der Waals surface area contributed by atoms with E-state index in [4.69, 9.17) is 0 Å². The number of benzene rings is 2. The molecule has 0 spiro atoms. The molecule has 0 saturated carbocycles. The summed E-state index contributed by atoms with van der Waals surface area (Å²) in [6.45, 7) is 4.01. The Labute approximate surface area is 127 Å². The van der Waals surface area contributed by atoms with Gasteiger partial charge in [-0.1, -0.05) is 42.5 Å². The number of hydrogen-bond acceptors (Lipinski definition) is 3. The molecule has 0 amide bonds. The molecule has 0 aliphatic rings. The summed E-state index contributed by atoms with van der Waals surface area (Å²) in [5, 5.41) is 5.84. The molecule has 0 heterocycles. The quantitative estimate of drug-likeness (QED) is 0.892. The number of sulfone groups is 1. The van der Waals surface area contributed by atoms with Crippen molar-refractivity contribution in [3.63, 3.8) is 0 Å². The highest BCUT2D eigenvalue weighted by molar-refractivity contribution is 7.90. The average Bonchev–Trinajstić information content (AvgIpc) is 2.35. The molecule has 4 heteroatoms. The van der Waals surface area contributed by atoms with Crippen LogP contribution in [0, 0.1) is 0 Å². The normalized spacial score (nSPS) is 15.0. The third-order valence-corrected chi connectivity index (χ3v) is 4.58. The van der Waals surface area contributed by atoms with Crippen LogP contribution in [0.3, 0.4) is 0 Å². The van der Waals surface area contributed by atoms with Crippen LogP contribution < -0.4 is 5.32 Å². The highest BCUT2D eigenvalue weighted by Crippen LogP contribution is 2.16.